The first kappa shape index (κ1) is 14.8. The van der Waals surface area contributed by atoms with E-state index in [1.54, 1.807) is 12.1 Å². The van der Waals surface area contributed by atoms with Gasteiger partial charge in [-0.05, 0) is 48.4 Å². The second kappa shape index (κ2) is 5.08. The Balaban J connectivity index is 2.34. The molecule has 1 aliphatic carbocycles. The lowest BCUT2D eigenvalue weighted by Crippen LogP contribution is -2.49. The van der Waals surface area contributed by atoms with Crippen LogP contribution in [0.3, 0.4) is 0 Å². The Bertz CT molecular complexity index is 498. The second-order valence-electron chi connectivity index (χ2n) is 6.54. The number of benzene rings is 1. The third-order valence-corrected chi connectivity index (χ3v) is 4.22. The van der Waals surface area contributed by atoms with Gasteiger partial charge in [-0.25, -0.2) is 9.18 Å². The number of rotatable bonds is 3. The number of halogens is 1. The Kier molecular flexibility index (Phi) is 3.76. The molecule has 1 saturated carbocycles. The zero-order chi connectivity index (χ0) is 15.0. The highest BCUT2D eigenvalue weighted by atomic mass is 19.1. The van der Waals surface area contributed by atoms with Crippen LogP contribution in [0.4, 0.5) is 10.1 Å². The van der Waals surface area contributed by atoms with E-state index < -0.39 is 5.54 Å². The Morgan fingerprint density at radius 3 is 2.40 bits per heavy atom. The smallest absolute Gasteiger partial charge is 0.331 e. The summed E-state index contributed by atoms with van der Waals surface area (Å²) in [5.41, 5.74) is 0.0674. The van der Waals surface area contributed by atoms with E-state index in [1.165, 1.54) is 19.2 Å². The summed E-state index contributed by atoms with van der Waals surface area (Å²) in [5.74, 6) is -0.391. The molecular weight excluding hydrogens is 257 g/mol. The third kappa shape index (κ3) is 2.65. The number of hydrogen-bond donors (Lipinski definition) is 1. The van der Waals surface area contributed by atoms with Crippen molar-refractivity contribution in [3.05, 3.63) is 30.1 Å². The van der Waals surface area contributed by atoms with Crippen LogP contribution in [0.25, 0.3) is 0 Å². The first-order valence-corrected chi connectivity index (χ1v) is 6.91. The SMILES string of the molecule is COC(=O)C1(Nc2ccc(F)cc2)CC(C)(C)CC1C. The minimum absolute atomic E-state index is 0.0701. The molecule has 1 aromatic carbocycles. The molecule has 0 spiro atoms. The highest BCUT2D eigenvalue weighted by molar-refractivity contribution is 5.85. The largest absolute Gasteiger partial charge is 0.467 e. The molecule has 3 nitrogen and oxygen atoms in total. The average Bonchev–Trinajstić information content (AvgIpc) is 2.61. The van der Waals surface area contributed by atoms with E-state index in [2.05, 4.69) is 26.1 Å². The van der Waals surface area contributed by atoms with Crippen molar-refractivity contribution in [2.24, 2.45) is 11.3 Å². The molecule has 1 fully saturated rings. The summed E-state index contributed by atoms with van der Waals surface area (Å²) >= 11 is 0. The first-order valence-electron chi connectivity index (χ1n) is 6.91. The maximum absolute atomic E-state index is 13.0. The third-order valence-electron chi connectivity index (χ3n) is 4.22. The van der Waals surface area contributed by atoms with E-state index in [0.29, 0.717) is 6.42 Å². The van der Waals surface area contributed by atoms with Crippen LogP contribution in [0.2, 0.25) is 0 Å². The van der Waals surface area contributed by atoms with Gasteiger partial charge in [0.2, 0.25) is 0 Å². The van der Waals surface area contributed by atoms with Crippen LogP contribution in [-0.4, -0.2) is 18.6 Å². The molecular formula is C16H22FNO2. The lowest BCUT2D eigenvalue weighted by atomic mass is 9.86. The maximum Gasteiger partial charge on any atom is 0.331 e. The molecule has 0 bridgehead atoms. The van der Waals surface area contributed by atoms with Crippen molar-refractivity contribution in [2.75, 3.05) is 12.4 Å². The van der Waals surface area contributed by atoms with Gasteiger partial charge in [-0.2, -0.15) is 0 Å². The number of methoxy groups -OCH3 is 1. The Morgan fingerprint density at radius 1 is 1.35 bits per heavy atom. The zero-order valence-corrected chi connectivity index (χ0v) is 12.5. The van der Waals surface area contributed by atoms with E-state index in [-0.39, 0.29) is 23.1 Å². The molecule has 1 aromatic rings. The summed E-state index contributed by atoms with van der Waals surface area (Å²) in [6, 6.07) is 6.08. The van der Waals surface area contributed by atoms with Gasteiger partial charge < -0.3 is 10.1 Å². The number of nitrogens with one attached hydrogen (secondary N) is 1. The van der Waals surface area contributed by atoms with E-state index in [4.69, 9.17) is 4.74 Å². The number of hydrogen-bond acceptors (Lipinski definition) is 3. The summed E-state index contributed by atoms with van der Waals surface area (Å²) in [6.07, 6.45) is 1.64. The van der Waals surface area contributed by atoms with Crippen molar-refractivity contribution >= 4 is 11.7 Å². The molecule has 2 atom stereocenters. The second-order valence-corrected chi connectivity index (χ2v) is 6.54. The fourth-order valence-electron chi connectivity index (χ4n) is 3.47. The molecule has 20 heavy (non-hydrogen) atoms. The van der Waals surface area contributed by atoms with Crippen LogP contribution < -0.4 is 5.32 Å². The number of esters is 1. The molecule has 0 radical (unpaired) electrons. The van der Waals surface area contributed by atoms with Crippen LogP contribution in [0, 0.1) is 17.2 Å². The quantitative estimate of drug-likeness (QED) is 0.859. The van der Waals surface area contributed by atoms with Gasteiger partial charge >= 0.3 is 5.97 Å². The number of carbonyl (C=O) groups is 1. The lowest BCUT2D eigenvalue weighted by Gasteiger charge is -2.33. The fourth-order valence-corrected chi connectivity index (χ4v) is 3.47. The molecule has 2 unspecified atom stereocenters. The van der Waals surface area contributed by atoms with Crippen molar-refractivity contribution in [1.82, 2.24) is 0 Å². The molecule has 1 aliphatic rings. The predicted molar refractivity (Wildman–Crippen MR) is 76.9 cm³/mol. The van der Waals surface area contributed by atoms with E-state index >= 15 is 0 Å². The van der Waals surface area contributed by atoms with Gasteiger partial charge in [-0.1, -0.05) is 20.8 Å². The highest BCUT2D eigenvalue weighted by Crippen LogP contribution is 2.49. The monoisotopic (exact) mass is 279 g/mol. The molecule has 0 amide bonds. The molecule has 110 valence electrons. The van der Waals surface area contributed by atoms with Crippen molar-refractivity contribution < 1.29 is 13.9 Å². The van der Waals surface area contributed by atoms with Crippen molar-refractivity contribution in [1.29, 1.82) is 0 Å². The van der Waals surface area contributed by atoms with E-state index in [9.17, 15) is 9.18 Å². The van der Waals surface area contributed by atoms with Crippen molar-refractivity contribution in [3.63, 3.8) is 0 Å². The molecule has 2 rings (SSSR count). The number of ether oxygens (including phenoxy) is 1. The Hall–Kier alpha value is -1.58. The molecule has 0 aromatic heterocycles. The maximum atomic E-state index is 13.0. The molecule has 1 N–H and O–H groups in total. The average molecular weight is 279 g/mol. The van der Waals surface area contributed by atoms with E-state index in [0.717, 1.165) is 12.1 Å². The van der Waals surface area contributed by atoms with Gasteiger partial charge in [-0.3, -0.25) is 0 Å². The fraction of sp³-hybridized carbons (Fsp3) is 0.562. The van der Waals surface area contributed by atoms with Gasteiger partial charge in [0.05, 0.1) is 7.11 Å². The van der Waals surface area contributed by atoms with Crippen LogP contribution in [0.15, 0.2) is 24.3 Å². The summed E-state index contributed by atoms with van der Waals surface area (Å²) in [5, 5.41) is 3.30. The zero-order valence-electron chi connectivity index (χ0n) is 12.5. The predicted octanol–water partition coefficient (Wildman–Crippen LogP) is 3.61. The van der Waals surface area contributed by atoms with Crippen LogP contribution in [0.5, 0.6) is 0 Å². The van der Waals surface area contributed by atoms with Gasteiger partial charge in [0, 0.05) is 5.69 Å². The van der Waals surface area contributed by atoms with Gasteiger partial charge in [0.25, 0.3) is 0 Å². The van der Waals surface area contributed by atoms with Crippen molar-refractivity contribution in [2.45, 2.75) is 39.2 Å². The topological polar surface area (TPSA) is 38.3 Å². The molecule has 0 heterocycles. The first-order chi connectivity index (χ1) is 9.29. The minimum Gasteiger partial charge on any atom is -0.467 e. The minimum atomic E-state index is -0.740. The standard InChI is InChI=1S/C16H22FNO2/c1-11-9-15(2,3)10-16(11,14(19)20-4)18-13-7-5-12(17)6-8-13/h5-8,11,18H,9-10H2,1-4H3. The highest BCUT2D eigenvalue weighted by Gasteiger charge is 2.54. The molecule has 4 heteroatoms. The lowest BCUT2D eigenvalue weighted by molar-refractivity contribution is -0.147. The number of anilines is 1. The normalized spacial score (nSPS) is 28.1. The van der Waals surface area contributed by atoms with Gasteiger partial charge in [0.1, 0.15) is 11.4 Å². The molecule has 0 aliphatic heterocycles. The Labute approximate surface area is 119 Å². The molecule has 0 saturated heterocycles. The van der Waals surface area contributed by atoms with Gasteiger partial charge in [0.15, 0.2) is 0 Å². The van der Waals surface area contributed by atoms with Crippen LogP contribution >= 0.6 is 0 Å². The number of carbonyl (C=O) groups excluding carboxylic acids is 1. The summed E-state index contributed by atoms with van der Waals surface area (Å²) in [6.45, 7) is 6.36. The van der Waals surface area contributed by atoms with Gasteiger partial charge in [-0.15, -0.1) is 0 Å². The summed E-state index contributed by atoms with van der Waals surface area (Å²) in [7, 11) is 1.41. The van der Waals surface area contributed by atoms with Crippen molar-refractivity contribution in [3.8, 4) is 0 Å². The van der Waals surface area contributed by atoms with Crippen LogP contribution in [-0.2, 0) is 9.53 Å². The Morgan fingerprint density at radius 2 is 1.95 bits per heavy atom. The van der Waals surface area contributed by atoms with Crippen LogP contribution in [0.1, 0.15) is 33.6 Å². The summed E-state index contributed by atoms with van der Waals surface area (Å²) < 4.78 is 18.0. The van der Waals surface area contributed by atoms with E-state index in [1.807, 2.05) is 0 Å². The summed E-state index contributed by atoms with van der Waals surface area (Å²) in [4.78, 5) is 12.3.